The lowest BCUT2D eigenvalue weighted by atomic mass is 10.1. The molecule has 0 saturated carbocycles. The van der Waals surface area contributed by atoms with Crippen LogP contribution in [0.2, 0.25) is 0 Å². The van der Waals surface area contributed by atoms with Crippen LogP contribution in [0.1, 0.15) is 24.8 Å². The maximum Gasteiger partial charge on any atom is 0.119 e. The van der Waals surface area contributed by atoms with Crippen molar-refractivity contribution in [3.63, 3.8) is 0 Å². The molecule has 2 heteroatoms. The Kier molecular flexibility index (Phi) is 3.62. The molecule has 0 amide bonds. The van der Waals surface area contributed by atoms with Gasteiger partial charge in [-0.3, -0.25) is 0 Å². The average molecular weight is 205 g/mol. The highest BCUT2D eigenvalue weighted by Gasteiger charge is 2.12. The molecule has 2 nitrogen and oxygen atoms in total. The molecule has 15 heavy (non-hydrogen) atoms. The first-order valence-electron chi connectivity index (χ1n) is 5.77. The number of ether oxygens (including phenoxy) is 1. The van der Waals surface area contributed by atoms with Crippen LogP contribution in [0.5, 0.6) is 5.75 Å². The Morgan fingerprint density at radius 3 is 2.73 bits per heavy atom. The molecular formula is C13H19NO. The molecule has 1 aliphatic heterocycles. The fraction of sp³-hybridized carbons (Fsp3) is 0.538. The first-order valence-corrected chi connectivity index (χ1v) is 5.77. The molecule has 1 aromatic rings. The monoisotopic (exact) mass is 205 g/mol. The van der Waals surface area contributed by atoms with Crippen LogP contribution in [0.15, 0.2) is 24.3 Å². The van der Waals surface area contributed by atoms with E-state index in [0.29, 0.717) is 6.04 Å². The molecule has 0 bridgehead atoms. The fourth-order valence-corrected chi connectivity index (χ4v) is 1.90. The smallest absolute Gasteiger partial charge is 0.119 e. The molecule has 1 fully saturated rings. The molecule has 0 spiro atoms. The lowest BCUT2D eigenvalue weighted by molar-refractivity contribution is 0.239. The minimum atomic E-state index is 0.542. The van der Waals surface area contributed by atoms with E-state index in [-0.39, 0.29) is 0 Å². The largest absolute Gasteiger partial charge is 0.492 e. The summed E-state index contributed by atoms with van der Waals surface area (Å²) in [6, 6.07) is 8.80. The maximum atomic E-state index is 5.74. The third-order valence-corrected chi connectivity index (χ3v) is 2.88. The van der Waals surface area contributed by atoms with E-state index >= 15 is 0 Å². The van der Waals surface area contributed by atoms with Crippen molar-refractivity contribution in [3.05, 3.63) is 29.8 Å². The van der Waals surface area contributed by atoms with Crippen LogP contribution in [-0.4, -0.2) is 19.2 Å². The van der Waals surface area contributed by atoms with Crippen LogP contribution in [0.25, 0.3) is 0 Å². The lowest BCUT2D eigenvalue weighted by Crippen LogP contribution is -2.38. The standard InChI is InChI=1S/C13H19NO/c1-11-5-7-13(8-6-11)15-10-12-4-2-3-9-14-12/h5-8,12,14H,2-4,9-10H2,1H3/t12-/m0/s1. The number of hydrogen-bond acceptors (Lipinski definition) is 2. The molecule has 1 aromatic carbocycles. The molecule has 0 radical (unpaired) electrons. The second-order valence-corrected chi connectivity index (χ2v) is 4.27. The fourth-order valence-electron chi connectivity index (χ4n) is 1.90. The van der Waals surface area contributed by atoms with E-state index in [9.17, 15) is 0 Å². The molecule has 0 unspecified atom stereocenters. The van der Waals surface area contributed by atoms with Crippen molar-refractivity contribution in [1.82, 2.24) is 5.32 Å². The summed E-state index contributed by atoms with van der Waals surface area (Å²) in [6.07, 6.45) is 3.88. The van der Waals surface area contributed by atoms with Gasteiger partial charge in [0.2, 0.25) is 0 Å². The quantitative estimate of drug-likeness (QED) is 0.818. The van der Waals surface area contributed by atoms with Gasteiger partial charge in [-0.15, -0.1) is 0 Å². The minimum Gasteiger partial charge on any atom is -0.492 e. The number of piperidine rings is 1. The number of benzene rings is 1. The Morgan fingerprint density at radius 2 is 2.07 bits per heavy atom. The molecule has 0 aromatic heterocycles. The summed E-state index contributed by atoms with van der Waals surface area (Å²) in [5, 5.41) is 3.48. The van der Waals surface area contributed by atoms with Crippen LogP contribution in [0.3, 0.4) is 0 Å². The third kappa shape index (κ3) is 3.24. The van der Waals surface area contributed by atoms with Crippen molar-refractivity contribution in [1.29, 1.82) is 0 Å². The summed E-state index contributed by atoms with van der Waals surface area (Å²) >= 11 is 0. The molecule has 1 aliphatic rings. The zero-order chi connectivity index (χ0) is 10.5. The summed E-state index contributed by atoms with van der Waals surface area (Å²) in [5.74, 6) is 0.980. The Labute approximate surface area is 91.6 Å². The zero-order valence-corrected chi connectivity index (χ0v) is 9.33. The maximum absolute atomic E-state index is 5.74. The van der Waals surface area contributed by atoms with Crippen molar-refractivity contribution in [2.45, 2.75) is 32.2 Å². The molecule has 1 saturated heterocycles. The third-order valence-electron chi connectivity index (χ3n) is 2.88. The number of nitrogens with one attached hydrogen (secondary N) is 1. The van der Waals surface area contributed by atoms with Gasteiger partial charge in [-0.25, -0.2) is 0 Å². The van der Waals surface area contributed by atoms with Gasteiger partial charge in [-0.2, -0.15) is 0 Å². The van der Waals surface area contributed by atoms with Crippen LogP contribution >= 0.6 is 0 Å². The van der Waals surface area contributed by atoms with Gasteiger partial charge in [-0.05, 0) is 38.4 Å². The summed E-state index contributed by atoms with van der Waals surface area (Å²) in [6.45, 7) is 4.03. The van der Waals surface area contributed by atoms with Crippen molar-refractivity contribution in [2.75, 3.05) is 13.2 Å². The summed E-state index contributed by atoms with van der Waals surface area (Å²) in [7, 11) is 0. The predicted octanol–water partition coefficient (Wildman–Crippen LogP) is 2.52. The van der Waals surface area contributed by atoms with Crippen molar-refractivity contribution >= 4 is 0 Å². The first-order chi connectivity index (χ1) is 7.34. The molecule has 82 valence electrons. The SMILES string of the molecule is Cc1ccc(OC[C@@H]2CCCCN2)cc1. The Hall–Kier alpha value is -1.02. The van der Waals surface area contributed by atoms with Crippen LogP contribution in [0, 0.1) is 6.92 Å². The van der Waals surface area contributed by atoms with Crippen LogP contribution < -0.4 is 10.1 Å². The van der Waals surface area contributed by atoms with E-state index in [2.05, 4.69) is 24.4 Å². The zero-order valence-electron chi connectivity index (χ0n) is 9.33. The highest BCUT2D eigenvalue weighted by Crippen LogP contribution is 2.13. The Morgan fingerprint density at radius 1 is 1.27 bits per heavy atom. The Balaban J connectivity index is 1.79. The van der Waals surface area contributed by atoms with E-state index in [1.807, 2.05) is 12.1 Å². The normalized spacial score (nSPS) is 21.3. The van der Waals surface area contributed by atoms with Gasteiger partial charge in [0.15, 0.2) is 0 Å². The number of aryl methyl sites for hydroxylation is 1. The lowest BCUT2D eigenvalue weighted by Gasteiger charge is -2.23. The van der Waals surface area contributed by atoms with E-state index in [1.54, 1.807) is 0 Å². The van der Waals surface area contributed by atoms with Gasteiger partial charge in [0, 0.05) is 6.04 Å². The van der Waals surface area contributed by atoms with Crippen molar-refractivity contribution in [2.24, 2.45) is 0 Å². The van der Waals surface area contributed by atoms with Gasteiger partial charge < -0.3 is 10.1 Å². The van der Waals surface area contributed by atoms with Gasteiger partial charge >= 0.3 is 0 Å². The molecule has 1 N–H and O–H groups in total. The highest BCUT2D eigenvalue weighted by molar-refractivity contribution is 5.26. The van der Waals surface area contributed by atoms with E-state index < -0.39 is 0 Å². The molecule has 2 rings (SSSR count). The van der Waals surface area contributed by atoms with Crippen LogP contribution in [-0.2, 0) is 0 Å². The second-order valence-electron chi connectivity index (χ2n) is 4.27. The topological polar surface area (TPSA) is 21.3 Å². The average Bonchev–Trinajstić information content (AvgIpc) is 2.30. The van der Waals surface area contributed by atoms with Crippen LogP contribution in [0.4, 0.5) is 0 Å². The molecule has 1 atom stereocenters. The molecule has 0 aliphatic carbocycles. The summed E-state index contributed by atoms with van der Waals surface area (Å²) < 4.78 is 5.74. The van der Waals surface area contributed by atoms with E-state index in [1.165, 1.54) is 24.8 Å². The van der Waals surface area contributed by atoms with Gasteiger partial charge in [0.25, 0.3) is 0 Å². The summed E-state index contributed by atoms with van der Waals surface area (Å²) in [4.78, 5) is 0. The van der Waals surface area contributed by atoms with Crippen molar-refractivity contribution < 1.29 is 4.74 Å². The van der Waals surface area contributed by atoms with E-state index in [4.69, 9.17) is 4.74 Å². The van der Waals surface area contributed by atoms with Gasteiger partial charge in [0.05, 0.1) is 0 Å². The molecule has 1 heterocycles. The number of hydrogen-bond donors (Lipinski definition) is 1. The van der Waals surface area contributed by atoms with E-state index in [0.717, 1.165) is 18.9 Å². The number of rotatable bonds is 3. The predicted molar refractivity (Wildman–Crippen MR) is 62.3 cm³/mol. The summed E-state index contributed by atoms with van der Waals surface area (Å²) in [5.41, 5.74) is 1.28. The van der Waals surface area contributed by atoms with Gasteiger partial charge in [0.1, 0.15) is 12.4 Å². The second kappa shape index (κ2) is 5.17. The van der Waals surface area contributed by atoms with Gasteiger partial charge in [-0.1, -0.05) is 24.1 Å². The minimum absolute atomic E-state index is 0.542. The highest BCUT2D eigenvalue weighted by atomic mass is 16.5. The van der Waals surface area contributed by atoms with Crippen molar-refractivity contribution in [3.8, 4) is 5.75 Å². The Bertz CT molecular complexity index is 288. The first kappa shape index (κ1) is 10.5. The molecular weight excluding hydrogens is 186 g/mol.